The summed E-state index contributed by atoms with van der Waals surface area (Å²) in [5.41, 5.74) is 4.17. The zero-order chi connectivity index (χ0) is 17.5. The van der Waals surface area contributed by atoms with Crippen molar-refractivity contribution in [3.8, 4) is 11.3 Å². The highest BCUT2D eigenvalue weighted by molar-refractivity contribution is 5.85. The van der Waals surface area contributed by atoms with E-state index >= 15 is 0 Å². The molecule has 0 unspecified atom stereocenters. The fourth-order valence-electron chi connectivity index (χ4n) is 3.20. The molecule has 3 rings (SSSR count). The number of hydrogen-bond acceptors (Lipinski definition) is 3. The van der Waals surface area contributed by atoms with E-state index in [0.717, 1.165) is 29.3 Å². The first-order valence-corrected chi connectivity index (χ1v) is 9.54. The Labute approximate surface area is 162 Å². The lowest BCUT2D eigenvalue weighted by Crippen LogP contribution is -2.05. The fourth-order valence-corrected chi connectivity index (χ4v) is 3.20. The van der Waals surface area contributed by atoms with Crippen LogP contribution in [0.3, 0.4) is 0 Å². The van der Waals surface area contributed by atoms with Gasteiger partial charge in [-0.1, -0.05) is 45.4 Å². The summed E-state index contributed by atoms with van der Waals surface area (Å²) in [4.78, 5) is 4.81. The summed E-state index contributed by atoms with van der Waals surface area (Å²) in [5.74, 6) is 1.06. The molecule has 0 saturated heterocycles. The zero-order valence-corrected chi connectivity index (χ0v) is 16.6. The Kier molecular flexibility index (Phi) is 8.05. The number of rotatable bonds is 10. The van der Waals surface area contributed by atoms with E-state index in [1.165, 1.54) is 50.5 Å². The Morgan fingerprint density at radius 2 is 1.85 bits per heavy atom. The molecule has 0 atom stereocenters. The minimum absolute atomic E-state index is 0. The predicted molar refractivity (Wildman–Crippen MR) is 111 cm³/mol. The van der Waals surface area contributed by atoms with E-state index in [-0.39, 0.29) is 12.4 Å². The summed E-state index contributed by atoms with van der Waals surface area (Å²) < 4.78 is 7.39. The van der Waals surface area contributed by atoms with E-state index in [1.807, 2.05) is 6.07 Å². The number of pyridine rings is 1. The third-order valence-electron chi connectivity index (χ3n) is 4.65. The number of aromatic nitrogens is 2. The largest absolute Gasteiger partial charge is 0.472 e. The van der Waals surface area contributed by atoms with Gasteiger partial charge in [0.05, 0.1) is 12.5 Å². The number of nitrogens with zero attached hydrogens (tertiary/aromatic N) is 2. The first kappa shape index (κ1) is 20.4. The van der Waals surface area contributed by atoms with Crippen LogP contribution in [0.25, 0.3) is 16.9 Å². The van der Waals surface area contributed by atoms with Crippen LogP contribution in [-0.4, -0.2) is 15.9 Å². The second-order valence-corrected chi connectivity index (χ2v) is 6.80. The predicted octanol–water partition coefficient (Wildman–Crippen LogP) is 6.49. The molecular formula is C21H30ClN3O. The average Bonchev–Trinajstić information content (AvgIpc) is 3.24. The minimum Gasteiger partial charge on any atom is -0.472 e. The van der Waals surface area contributed by atoms with Crippen LogP contribution in [0.2, 0.25) is 0 Å². The van der Waals surface area contributed by atoms with Crippen molar-refractivity contribution in [2.24, 2.45) is 0 Å². The summed E-state index contributed by atoms with van der Waals surface area (Å²) >= 11 is 0. The van der Waals surface area contributed by atoms with Crippen molar-refractivity contribution in [3.05, 3.63) is 42.5 Å². The molecular weight excluding hydrogens is 346 g/mol. The average molecular weight is 376 g/mol. The van der Waals surface area contributed by atoms with Crippen molar-refractivity contribution in [1.29, 1.82) is 0 Å². The maximum Gasteiger partial charge on any atom is 0.139 e. The van der Waals surface area contributed by atoms with Gasteiger partial charge in [-0.15, -0.1) is 12.4 Å². The lowest BCUT2D eigenvalue weighted by molar-refractivity contribution is 0.568. The van der Waals surface area contributed by atoms with Crippen LogP contribution in [0.1, 0.15) is 57.4 Å². The van der Waals surface area contributed by atoms with Crippen molar-refractivity contribution in [2.75, 3.05) is 11.9 Å². The van der Waals surface area contributed by atoms with E-state index in [2.05, 4.69) is 41.9 Å². The molecule has 0 aliphatic carbocycles. The van der Waals surface area contributed by atoms with Crippen LogP contribution in [0, 0.1) is 6.92 Å². The standard InChI is InChI=1S/C21H29N3O.ClH/c1-3-4-5-6-7-8-9-12-22-21-20(18-11-14-25-16-18)23-19-15-17(2)10-13-24(19)21;/h10-11,13-16,22H,3-9,12H2,1-2H3;1H. The molecule has 3 heterocycles. The summed E-state index contributed by atoms with van der Waals surface area (Å²) in [5, 5.41) is 3.60. The van der Waals surface area contributed by atoms with Gasteiger partial charge in [-0.3, -0.25) is 4.40 Å². The SMILES string of the molecule is CCCCCCCCCNc1c(-c2ccoc2)nc2cc(C)ccn12.Cl. The second-order valence-electron chi connectivity index (χ2n) is 6.80. The number of halogens is 1. The normalized spacial score (nSPS) is 10.8. The highest BCUT2D eigenvalue weighted by Crippen LogP contribution is 2.29. The number of anilines is 1. The summed E-state index contributed by atoms with van der Waals surface area (Å²) in [6.45, 7) is 5.33. The van der Waals surface area contributed by atoms with Crippen LogP contribution in [0.15, 0.2) is 41.3 Å². The van der Waals surface area contributed by atoms with Crippen molar-refractivity contribution >= 4 is 23.9 Å². The van der Waals surface area contributed by atoms with Crippen molar-refractivity contribution in [1.82, 2.24) is 9.38 Å². The number of nitrogens with one attached hydrogen (secondary N) is 1. The van der Waals surface area contributed by atoms with Crippen LogP contribution >= 0.6 is 12.4 Å². The topological polar surface area (TPSA) is 42.5 Å². The van der Waals surface area contributed by atoms with E-state index in [0.29, 0.717) is 0 Å². The Hall–Kier alpha value is -1.94. The number of unbranched alkanes of at least 4 members (excludes halogenated alkanes) is 6. The third kappa shape index (κ3) is 5.04. The summed E-state index contributed by atoms with van der Waals surface area (Å²) in [7, 11) is 0. The monoisotopic (exact) mass is 375 g/mol. The van der Waals surface area contributed by atoms with E-state index in [9.17, 15) is 0 Å². The molecule has 142 valence electrons. The molecule has 0 aliphatic rings. The number of furan rings is 1. The minimum atomic E-state index is 0. The number of imidazole rings is 1. The molecule has 5 heteroatoms. The first-order valence-electron chi connectivity index (χ1n) is 9.54. The van der Waals surface area contributed by atoms with Gasteiger partial charge in [0.15, 0.2) is 0 Å². The molecule has 0 radical (unpaired) electrons. The van der Waals surface area contributed by atoms with E-state index in [4.69, 9.17) is 9.40 Å². The molecule has 4 nitrogen and oxygen atoms in total. The molecule has 1 N–H and O–H groups in total. The molecule has 0 bridgehead atoms. The lowest BCUT2D eigenvalue weighted by atomic mass is 10.1. The first-order chi connectivity index (χ1) is 12.3. The third-order valence-corrected chi connectivity index (χ3v) is 4.65. The van der Waals surface area contributed by atoms with Crippen molar-refractivity contribution in [3.63, 3.8) is 0 Å². The molecule has 0 saturated carbocycles. The van der Waals surface area contributed by atoms with Crippen molar-refractivity contribution < 1.29 is 4.42 Å². The summed E-state index contributed by atoms with van der Waals surface area (Å²) in [6.07, 6.45) is 14.8. The van der Waals surface area contributed by atoms with Gasteiger partial charge in [0.2, 0.25) is 0 Å². The molecule has 26 heavy (non-hydrogen) atoms. The molecule has 3 aromatic rings. The molecule has 0 aromatic carbocycles. The highest BCUT2D eigenvalue weighted by atomic mass is 35.5. The Bertz CT molecular complexity index is 780. The van der Waals surface area contributed by atoms with E-state index in [1.54, 1.807) is 12.5 Å². The van der Waals surface area contributed by atoms with Crippen LogP contribution in [0.5, 0.6) is 0 Å². The number of hydrogen-bond donors (Lipinski definition) is 1. The van der Waals surface area contributed by atoms with Crippen molar-refractivity contribution in [2.45, 2.75) is 58.8 Å². The van der Waals surface area contributed by atoms with Gasteiger partial charge < -0.3 is 9.73 Å². The Morgan fingerprint density at radius 3 is 2.58 bits per heavy atom. The zero-order valence-electron chi connectivity index (χ0n) is 15.8. The van der Waals surface area contributed by atoms with Gasteiger partial charge in [-0.25, -0.2) is 4.98 Å². The fraction of sp³-hybridized carbons (Fsp3) is 0.476. The molecule has 3 aromatic heterocycles. The van der Waals surface area contributed by atoms with Crippen LogP contribution < -0.4 is 5.32 Å². The van der Waals surface area contributed by atoms with Gasteiger partial charge in [0, 0.05) is 18.3 Å². The Balaban J connectivity index is 0.00000243. The molecule has 0 amide bonds. The smallest absolute Gasteiger partial charge is 0.139 e. The molecule has 0 spiro atoms. The number of fused-ring (bicyclic) bond motifs is 1. The van der Waals surface area contributed by atoms with Crippen LogP contribution in [0.4, 0.5) is 5.82 Å². The van der Waals surface area contributed by atoms with Gasteiger partial charge >= 0.3 is 0 Å². The molecule has 0 fully saturated rings. The van der Waals surface area contributed by atoms with Gasteiger partial charge in [-0.2, -0.15) is 0 Å². The second kappa shape index (κ2) is 10.3. The maximum atomic E-state index is 5.26. The Morgan fingerprint density at radius 1 is 1.08 bits per heavy atom. The van der Waals surface area contributed by atoms with Gasteiger partial charge in [-0.05, 0) is 37.1 Å². The van der Waals surface area contributed by atoms with Crippen LogP contribution in [-0.2, 0) is 0 Å². The quantitative estimate of drug-likeness (QED) is 0.412. The maximum absolute atomic E-state index is 5.26. The van der Waals surface area contributed by atoms with E-state index < -0.39 is 0 Å². The van der Waals surface area contributed by atoms with Gasteiger partial charge in [0.25, 0.3) is 0 Å². The number of aryl methyl sites for hydroxylation is 1. The summed E-state index contributed by atoms with van der Waals surface area (Å²) in [6, 6.07) is 6.20. The van der Waals surface area contributed by atoms with Gasteiger partial charge in [0.1, 0.15) is 17.2 Å². The lowest BCUT2D eigenvalue weighted by Gasteiger charge is -2.08. The highest BCUT2D eigenvalue weighted by Gasteiger charge is 2.14. The molecule has 0 aliphatic heterocycles.